The Hall–Kier alpha value is -0.340. The molecule has 0 aliphatic heterocycles. The first-order chi connectivity index (χ1) is 6.19. The van der Waals surface area contributed by atoms with E-state index >= 15 is 0 Å². The van der Waals surface area contributed by atoms with Gasteiger partial charge in [-0.3, -0.25) is 5.84 Å². The van der Waals surface area contributed by atoms with Crippen molar-refractivity contribution in [2.75, 3.05) is 0 Å². The first-order valence-electron chi connectivity index (χ1n) is 3.56. The van der Waals surface area contributed by atoms with Crippen molar-refractivity contribution in [2.45, 2.75) is 6.04 Å². The number of hydrogen-bond acceptors (Lipinski definition) is 2. The Morgan fingerprint density at radius 2 is 2.15 bits per heavy atom. The summed E-state index contributed by atoms with van der Waals surface area (Å²) in [6.45, 7) is 0. The van der Waals surface area contributed by atoms with Crippen LogP contribution in [0.5, 0.6) is 0 Å². The lowest BCUT2D eigenvalue weighted by Crippen LogP contribution is -2.27. The minimum atomic E-state index is -0.262. The lowest BCUT2D eigenvalue weighted by atomic mass is 10.1. The molecular weight excluding hydrogens is 296 g/mol. The number of hydrogen-bond donors (Lipinski definition) is 2. The van der Waals surface area contributed by atoms with Crippen LogP contribution < -0.4 is 11.3 Å². The van der Waals surface area contributed by atoms with Crippen LogP contribution in [0.1, 0.15) is 11.6 Å². The molecule has 1 aromatic carbocycles. The Balaban J connectivity index is 3.09. The molecule has 0 aliphatic rings. The van der Waals surface area contributed by atoms with E-state index in [-0.39, 0.29) is 6.04 Å². The number of nitrogens with one attached hydrogen (secondary N) is 1. The second-order valence-electron chi connectivity index (χ2n) is 2.43. The molecule has 0 radical (unpaired) electrons. The number of nitrogens with two attached hydrogens (primary N) is 1. The van der Waals surface area contributed by atoms with E-state index in [1.54, 1.807) is 0 Å². The molecule has 2 nitrogen and oxygen atoms in total. The molecular formula is C9H8Br2N2. The standard InChI is InChI=1S/C9H8Br2N2/c1-2-9(13-12)7-4-3-6(10)5-8(7)11/h1,3-5,9,13H,12H2. The second-order valence-corrected chi connectivity index (χ2v) is 4.20. The molecule has 1 rings (SSSR count). The highest BCUT2D eigenvalue weighted by atomic mass is 79.9. The average Bonchev–Trinajstić information content (AvgIpc) is 2.10. The van der Waals surface area contributed by atoms with E-state index < -0.39 is 0 Å². The van der Waals surface area contributed by atoms with E-state index in [1.807, 2.05) is 18.2 Å². The van der Waals surface area contributed by atoms with Crippen molar-refractivity contribution in [3.8, 4) is 12.3 Å². The van der Waals surface area contributed by atoms with E-state index in [9.17, 15) is 0 Å². The predicted octanol–water partition coefficient (Wildman–Crippen LogP) is 2.35. The van der Waals surface area contributed by atoms with Gasteiger partial charge in [0.1, 0.15) is 6.04 Å². The van der Waals surface area contributed by atoms with Crippen LogP contribution >= 0.6 is 31.9 Å². The van der Waals surface area contributed by atoms with Crippen LogP contribution in [0, 0.1) is 12.3 Å². The highest BCUT2D eigenvalue weighted by Crippen LogP contribution is 2.26. The maximum absolute atomic E-state index is 5.30. The fourth-order valence-corrected chi connectivity index (χ4v) is 2.24. The van der Waals surface area contributed by atoms with Gasteiger partial charge in [-0.25, -0.2) is 5.43 Å². The second kappa shape index (κ2) is 4.77. The lowest BCUT2D eigenvalue weighted by molar-refractivity contribution is 0.671. The van der Waals surface area contributed by atoms with Crippen LogP contribution in [-0.2, 0) is 0 Å². The summed E-state index contributed by atoms with van der Waals surface area (Å²) in [5, 5.41) is 0. The van der Waals surface area contributed by atoms with Gasteiger partial charge in [0.25, 0.3) is 0 Å². The molecule has 0 bridgehead atoms. The van der Waals surface area contributed by atoms with E-state index in [0.717, 1.165) is 14.5 Å². The number of benzene rings is 1. The number of hydrazine groups is 1. The van der Waals surface area contributed by atoms with Crippen LogP contribution in [0.3, 0.4) is 0 Å². The number of rotatable bonds is 2. The molecule has 3 N–H and O–H groups in total. The van der Waals surface area contributed by atoms with Crippen LogP contribution in [-0.4, -0.2) is 0 Å². The highest BCUT2D eigenvalue weighted by Gasteiger charge is 2.09. The summed E-state index contributed by atoms with van der Waals surface area (Å²) in [6, 6.07) is 5.50. The summed E-state index contributed by atoms with van der Waals surface area (Å²) in [6.07, 6.45) is 5.30. The van der Waals surface area contributed by atoms with Crippen molar-refractivity contribution in [3.05, 3.63) is 32.7 Å². The molecule has 1 aromatic rings. The third-order valence-electron chi connectivity index (χ3n) is 1.61. The molecule has 0 aromatic heterocycles. The summed E-state index contributed by atoms with van der Waals surface area (Å²) < 4.78 is 1.93. The van der Waals surface area contributed by atoms with Gasteiger partial charge in [0, 0.05) is 8.95 Å². The van der Waals surface area contributed by atoms with Gasteiger partial charge in [0.15, 0.2) is 0 Å². The van der Waals surface area contributed by atoms with Crippen LogP contribution in [0.4, 0.5) is 0 Å². The van der Waals surface area contributed by atoms with E-state index in [0.29, 0.717) is 0 Å². The van der Waals surface area contributed by atoms with Gasteiger partial charge < -0.3 is 0 Å². The minimum Gasteiger partial charge on any atom is -0.270 e. The zero-order valence-corrected chi connectivity index (χ0v) is 9.89. The molecule has 0 fully saturated rings. The minimum absolute atomic E-state index is 0.262. The quantitative estimate of drug-likeness (QED) is 0.500. The summed E-state index contributed by atoms with van der Waals surface area (Å²) in [4.78, 5) is 0. The fourth-order valence-electron chi connectivity index (χ4n) is 0.963. The SMILES string of the molecule is C#CC(NN)c1ccc(Br)cc1Br. The largest absolute Gasteiger partial charge is 0.270 e. The van der Waals surface area contributed by atoms with Gasteiger partial charge in [-0.2, -0.15) is 0 Å². The van der Waals surface area contributed by atoms with Crippen LogP contribution in [0.25, 0.3) is 0 Å². The maximum atomic E-state index is 5.30. The smallest absolute Gasteiger partial charge is 0.108 e. The predicted molar refractivity (Wildman–Crippen MR) is 60.7 cm³/mol. The maximum Gasteiger partial charge on any atom is 0.108 e. The third kappa shape index (κ3) is 2.55. The van der Waals surface area contributed by atoms with Crippen molar-refractivity contribution in [2.24, 2.45) is 5.84 Å². The first-order valence-corrected chi connectivity index (χ1v) is 5.15. The van der Waals surface area contributed by atoms with Gasteiger partial charge in [-0.05, 0) is 17.7 Å². The Bertz CT molecular complexity index is 344. The van der Waals surface area contributed by atoms with Gasteiger partial charge in [-0.15, -0.1) is 6.42 Å². The number of halogens is 2. The highest BCUT2D eigenvalue weighted by molar-refractivity contribution is 9.11. The van der Waals surface area contributed by atoms with Gasteiger partial charge in [0.2, 0.25) is 0 Å². The summed E-state index contributed by atoms with van der Waals surface area (Å²) in [7, 11) is 0. The van der Waals surface area contributed by atoms with E-state index in [2.05, 4.69) is 43.2 Å². The molecule has 0 saturated heterocycles. The Kier molecular flexibility index (Phi) is 3.94. The molecule has 0 heterocycles. The number of terminal acetylenes is 1. The van der Waals surface area contributed by atoms with Crippen molar-refractivity contribution in [1.29, 1.82) is 0 Å². The zero-order valence-electron chi connectivity index (χ0n) is 6.72. The van der Waals surface area contributed by atoms with E-state index in [1.165, 1.54) is 0 Å². The van der Waals surface area contributed by atoms with E-state index in [4.69, 9.17) is 12.3 Å². The molecule has 68 valence electrons. The Labute approximate surface area is 94.1 Å². The monoisotopic (exact) mass is 302 g/mol. The molecule has 0 saturated carbocycles. The molecule has 0 aliphatic carbocycles. The lowest BCUT2D eigenvalue weighted by Gasteiger charge is -2.11. The fraction of sp³-hybridized carbons (Fsp3) is 0.111. The molecule has 0 spiro atoms. The summed E-state index contributed by atoms with van der Waals surface area (Å²) >= 11 is 6.76. The van der Waals surface area contributed by atoms with Crippen molar-refractivity contribution >= 4 is 31.9 Å². The summed E-state index contributed by atoms with van der Waals surface area (Å²) in [5.74, 6) is 7.84. The van der Waals surface area contributed by atoms with Crippen molar-refractivity contribution in [3.63, 3.8) is 0 Å². The first kappa shape index (κ1) is 10.7. The van der Waals surface area contributed by atoms with Gasteiger partial charge in [0.05, 0.1) is 0 Å². The van der Waals surface area contributed by atoms with Crippen LogP contribution in [0.15, 0.2) is 27.1 Å². The van der Waals surface area contributed by atoms with Gasteiger partial charge >= 0.3 is 0 Å². The Morgan fingerprint density at radius 3 is 2.62 bits per heavy atom. The van der Waals surface area contributed by atoms with Crippen LogP contribution in [0.2, 0.25) is 0 Å². The molecule has 1 unspecified atom stereocenters. The normalized spacial score (nSPS) is 12.2. The van der Waals surface area contributed by atoms with Gasteiger partial charge in [-0.1, -0.05) is 43.8 Å². The Morgan fingerprint density at radius 1 is 1.46 bits per heavy atom. The zero-order chi connectivity index (χ0) is 9.84. The molecule has 13 heavy (non-hydrogen) atoms. The molecule has 4 heteroatoms. The van der Waals surface area contributed by atoms with Crippen molar-refractivity contribution < 1.29 is 0 Å². The molecule has 1 atom stereocenters. The molecule has 0 amide bonds. The average molecular weight is 304 g/mol. The van der Waals surface area contributed by atoms with Crippen molar-refractivity contribution in [1.82, 2.24) is 5.43 Å². The topological polar surface area (TPSA) is 38.0 Å². The summed E-state index contributed by atoms with van der Waals surface area (Å²) in [5.41, 5.74) is 3.50. The third-order valence-corrected chi connectivity index (χ3v) is 2.79.